The maximum absolute atomic E-state index is 15.2. The smallest absolute Gasteiger partial charge is 0.190 e. The fourth-order valence-electron chi connectivity index (χ4n) is 4.39. The number of methoxy groups -OCH3 is 1. The molecule has 29 heavy (non-hydrogen) atoms. The van der Waals surface area contributed by atoms with Crippen LogP contribution in [0.25, 0.3) is 21.9 Å². The number of hydrogen-bond donors (Lipinski definition) is 0. The molecule has 0 bridgehead atoms. The summed E-state index contributed by atoms with van der Waals surface area (Å²) in [5.41, 5.74) is 1.53. The first kappa shape index (κ1) is 19.6. The highest BCUT2D eigenvalue weighted by Crippen LogP contribution is 2.38. The first-order chi connectivity index (χ1) is 14.0. The monoisotopic (exact) mass is 396 g/mol. The van der Waals surface area contributed by atoms with E-state index in [4.69, 9.17) is 4.74 Å². The third-order valence-electron chi connectivity index (χ3n) is 6.07. The van der Waals surface area contributed by atoms with E-state index >= 15 is 4.39 Å². The Kier molecular flexibility index (Phi) is 5.35. The number of fused-ring (bicyclic) bond motifs is 1. The summed E-state index contributed by atoms with van der Waals surface area (Å²) in [7, 11) is 1.19. The van der Waals surface area contributed by atoms with Crippen LogP contribution in [0.4, 0.5) is 13.2 Å². The van der Waals surface area contributed by atoms with Gasteiger partial charge in [0, 0.05) is 10.9 Å². The maximum atomic E-state index is 15.2. The largest absolute Gasteiger partial charge is 0.491 e. The van der Waals surface area contributed by atoms with Gasteiger partial charge in [0.15, 0.2) is 17.4 Å². The molecule has 0 unspecified atom stereocenters. The van der Waals surface area contributed by atoms with Crippen molar-refractivity contribution >= 4 is 10.8 Å². The van der Waals surface area contributed by atoms with Crippen molar-refractivity contribution in [2.24, 2.45) is 5.92 Å². The Balaban J connectivity index is 1.69. The van der Waals surface area contributed by atoms with E-state index in [1.54, 1.807) is 12.1 Å². The average molecular weight is 396 g/mol. The van der Waals surface area contributed by atoms with Crippen LogP contribution >= 0.6 is 0 Å². The van der Waals surface area contributed by atoms with Gasteiger partial charge in [0.25, 0.3) is 0 Å². The second-order valence-electron chi connectivity index (χ2n) is 7.73. The molecule has 1 aliphatic carbocycles. The lowest BCUT2D eigenvalue weighted by Gasteiger charge is -2.27. The Morgan fingerprint density at radius 1 is 0.931 bits per heavy atom. The van der Waals surface area contributed by atoms with Crippen LogP contribution in [-0.2, 0) is 0 Å². The fraction of sp³-hybridized carbons (Fsp3) is 0.280. The van der Waals surface area contributed by atoms with Crippen molar-refractivity contribution < 1.29 is 17.9 Å². The quantitative estimate of drug-likeness (QED) is 0.418. The van der Waals surface area contributed by atoms with Crippen LogP contribution in [0.15, 0.2) is 55.1 Å². The summed E-state index contributed by atoms with van der Waals surface area (Å²) in [6.07, 6.45) is 6.51. The second kappa shape index (κ2) is 7.94. The zero-order chi connectivity index (χ0) is 20.5. The molecule has 0 aromatic heterocycles. The Morgan fingerprint density at radius 2 is 1.62 bits per heavy atom. The number of benzene rings is 3. The summed E-state index contributed by atoms with van der Waals surface area (Å²) in [6.45, 7) is 3.89. The molecule has 1 fully saturated rings. The number of ether oxygens (including phenoxy) is 1. The van der Waals surface area contributed by atoms with Gasteiger partial charge in [-0.05, 0) is 66.2 Å². The highest BCUT2D eigenvalue weighted by molar-refractivity contribution is 5.89. The van der Waals surface area contributed by atoms with Crippen LogP contribution < -0.4 is 4.74 Å². The number of allylic oxidation sites excluding steroid dienone is 1. The zero-order valence-corrected chi connectivity index (χ0v) is 16.4. The molecule has 0 spiro atoms. The van der Waals surface area contributed by atoms with Gasteiger partial charge < -0.3 is 4.74 Å². The normalized spacial score (nSPS) is 19.3. The predicted molar refractivity (Wildman–Crippen MR) is 111 cm³/mol. The summed E-state index contributed by atoms with van der Waals surface area (Å²) in [6, 6.07) is 11.4. The average Bonchev–Trinajstić information content (AvgIpc) is 2.73. The maximum Gasteiger partial charge on any atom is 0.190 e. The molecule has 0 amide bonds. The van der Waals surface area contributed by atoms with Gasteiger partial charge in [0.1, 0.15) is 5.82 Å². The second-order valence-corrected chi connectivity index (χ2v) is 7.73. The van der Waals surface area contributed by atoms with E-state index in [0.717, 1.165) is 43.2 Å². The van der Waals surface area contributed by atoms with Gasteiger partial charge in [0.05, 0.1) is 7.11 Å². The van der Waals surface area contributed by atoms with Gasteiger partial charge in [-0.15, -0.1) is 6.58 Å². The van der Waals surface area contributed by atoms with Crippen molar-refractivity contribution in [2.45, 2.75) is 31.6 Å². The first-order valence-electron chi connectivity index (χ1n) is 9.90. The minimum absolute atomic E-state index is 0.145. The van der Waals surface area contributed by atoms with Crippen molar-refractivity contribution in [2.75, 3.05) is 7.11 Å². The number of rotatable bonds is 4. The molecule has 0 saturated heterocycles. The van der Waals surface area contributed by atoms with Crippen LogP contribution in [0, 0.1) is 23.4 Å². The van der Waals surface area contributed by atoms with Gasteiger partial charge in [0.2, 0.25) is 0 Å². The summed E-state index contributed by atoms with van der Waals surface area (Å²) < 4.78 is 48.0. The Bertz CT molecular complexity index is 1040. The van der Waals surface area contributed by atoms with Crippen LogP contribution in [0.2, 0.25) is 0 Å². The van der Waals surface area contributed by atoms with Crippen LogP contribution in [0.5, 0.6) is 5.75 Å². The lowest BCUT2D eigenvalue weighted by Crippen LogP contribution is -2.11. The van der Waals surface area contributed by atoms with Gasteiger partial charge in [-0.3, -0.25) is 0 Å². The van der Waals surface area contributed by atoms with Gasteiger partial charge in [-0.2, -0.15) is 0 Å². The fourth-order valence-corrected chi connectivity index (χ4v) is 4.39. The van der Waals surface area contributed by atoms with Gasteiger partial charge >= 0.3 is 0 Å². The van der Waals surface area contributed by atoms with E-state index in [2.05, 4.69) is 6.58 Å². The Hall–Kier alpha value is -2.75. The molecule has 3 aromatic rings. The molecule has 0 N–H and O–H groups in total. The SMILES string of the molecule is C=CC1CCC(c2ccc3c(F)c(-c4cc(F)c(OC)c(F)c4)ccc3c2)CC1. The molecular weight excluding hydrogens is 373 g/mol. The molecule has 3 aromatic carbocycles. The van der Waals surface area contributed by atoms with Crippen LogP contribution in [0.1, 0.15) is 37.2 Å². The molecule has 0 aliphatic heterocycles. The minimum Gasteiger partial charge on any atom is -0.491 e. The molecular formula is C25H23F3O. The van der Waals surface area contributed by atoms with E-state index in [1.165, 1.54) is 12.7 Å². The lowest BCUT2D eigenvalue weighted by atomic mass is 9.78. The molecule has 0 atom stereocenters. The summed E-state index contributed by atoms with van der Waals surface area (Å²) in [5.74, 6) is -1.58. The third kappa shape index (κ3) is 3.64. The van der Waals surface area contributed by atoms with Crippen LogP contribution in [0.3, 0.4) is 0 Å². The summed E-state index contributed by atoms with van der Waals surface area (Å²) in [4.78, 5) is 0. The van der Waals surface area contributed by atoms with Gasteiger partial charge in [-0.1, -0.05) is 36.4 Å². The zero-order valence-electron chi connectivity index (χ0n) is 16.4. The van der Waals surface area contributed by atoms with Crippen molar-refractivity contribution in [1.29, 1.82) is 0 Å². The van der Waals surface area contributed by atoms with Gasteiger partial charge in [-0.25, -0.2) is 13.2 Å². The van der Waals surface area contributed by atoms with E-state index in [0.29, 0.717) is 17.2 Å². The molecule has 1 saturated carbocycles. The van der Waals surface area contributed by atoms with E-state index < -0.39 is 23.2 Å². The molecule has 1 nitrogen and oxygen atoms in total. The molecule has 4 heteroatoms. The first-order valence-corrected chi connectivity index (χ1v) is 9.90. The van der Waals surface area contributed by atoms with E-state index in [-0.39, 0.29) is 11.1 Å². The van der Waals surface area contributed by atoms with Crippen molar-refractivity contribution in [3.05, 3.63) is 78.1 Å². The highest BCUT2D eigenvalue weighted by Gasteiger charge is 2.21. The Labute approximate surface area is 168 Å². The molecule has 150 valence electrons. The molecule has 0 radical (unpaired) electrons. The standard InChI is InChI=1S/C25H23F3O/c1-3-15-4-6-16(7-5-15)17-8-10-20-18(12-17)9-11-21(24(20)28)19-13-22(26)25(29-2)23(27)14-19/h3,8-16H,1,4-7H2,2H3. The third-order valence-corrected chi connectivity index (χ3v) is 6.07. The summed E-state index contributed by atoms with van der Waals surface area (Å²) in [5, 5.41) is 1.24. The minimum atomic E-state index is -0.854. The molecule has 4 rings (SSSR count). The summed E-state index contributed by atoms with van der Waals surface area (Å²) >= 11 is 0. The Morgan fingerprint density at radius 3 is 2.24 bits per heavy atom. The predicted octanol–water partition coefficient (Wildman–Crippen LogP) is 7.39. The van der Waals surface area contributed by atoms with Crippen molar-refractivity contribution in [1.82, 2.24) is 0 Å². The van der Waals surface area contributed by atoms with Crippen molar-refractivity contribution in [3.8, 4) is 16.9 Å². The van der Waals surface area contributed by atoms with Crippen LogP contribution in [-0.4, -0.2) is 7.11 Å². The number of halogens is 3. The molecule has 1 aliphatic rings. The number of hydrogen-bond acceptors (Lipinski definition) is 1. The van der Waals surface area contributed by atoms with E-state index in [9.17, 15) is 8.78 Å². The molecule has 0 heterocycles. The van der Waals surface area contributed by atoms with Crippen molar-refractivity contribution in [3.63, 3.8) is 0 Å². The van der Waals surface area contributed by atoms with E-state index in [1.807, 2.05) is 24.3 Å². The topological polar surface area (TPSA) is 9.23 Å². The highest BCUT2D eigenvalue weighted by atomic mass is 19.1. The lowest BCUT2D eigenvalue weighted by molar-refractivity contribution is 0.360.